The maximum Gasteiger partial charge on any atom is 0.156 e. The standard InChI is InChI=1S/C17H21N3/c1-2-12-8-9-14-17(12)20-11-15(19-16(20)10-18-14)13-6-4-3-5-7-13/h8,10-11,13H,2-7,9H2,1H3. The van der Waals surface area contributed by atoms with E-state index in [0.29, 0.717) is 5.92 Å². The number of rotatable bonds is 2. The lowest BCUT2D eigenvalue weighted by atomic mass is 9.87. The van der Waals surface area contributed by atoms with E-state index in [0.717, 1.165) is 18.5 Å². The first kappa shape index (κ1) is 12.1. The second-order valence-corrected chi connectivity index (χ2v) is 6.07. The van der Waals surface area contributed by atoms with Crippen LogP contribution in [0.3, 0.4) is 0 Å². The van der Waals surface area contributed by atoms with E-state index in [2.05, 4.69) is 28.6 Å². The smallest absolute Gasteiger partial charge is 0.156 e. The SMILES string of the molecule is CCC1=CCc2ncc3nc(C4CCCCC4)cn3c21. The van der Waals surface area contributed by atoms with E-state index in [1.807, 2.05) is 6.20 Å². The largest absolute Gasteiger partial charge is 0.297 e. The molecule has 0 aliphatic heterocycles. The molecular weight excluding hydrogens is 246 g/mol. The lowest BCUT2D eigenvalue weighted by Crippen LogP contribution is -2.04. The Kier molecular flexibility index (Phi) is 2.86. The number of nitrogens with zero attached hydrogens (tertiary/aromatic N) is 3. The number of allylic oxidation sites excluding steroid dienone is 2. The van der Waals surface area contributed by atoms with Gasteiger partial charge in [0.1, 0.15) is 0 Å². The summed E-state index contributed by atoms with van der Waals surface area (Å²) in [5.74, 6) is 0.662. The molecule has 2 aliphatic rings. The van der Waals surface area contributed by atoms with Gasteiger partial charge in [0.05, 0.1) is 23.3 Å². The van der Waals surface area contributed by atoms with Crippen LogP contribution in [0.2, 0.25) is 0 Å². The van der Waals surface area contributed by atoms with Crippen LogP contribution in [-0.2, 0) is 6.42 Å². The van der Waals surface area contributed by atoms with Crippen LogP contribution in [-0.4, -0.2) is 14.4 Å². The quantitative estimate of drug-likeness (QED) is 0.819. The molecule has 0 unspecified atom stereocenters. The molecule has 2 aliphatic carbocycles. The molecule has 0 bridgehead atoms. The number of hydrogen-bond donors (Lipinski definition) is 0. The van der Waals surface area contributed by atoms with Crippen LogP contribution in [0.5, 0.6) is 0 Å². The third-order valence-electron chi connectivity index (χ3n) is 4.85. The molecule has 20 heavy (non-hydrogen) atoms. The number of aromatic nitrogens is 3. The van der Waals surface area contributed by atoms with Crippen molar-refractivity contribution in [1.29, 1.82) is 0 Å². The molecule has 1 fully saturated rings. The molecule has 0 N–H and O–H groups in total. The zero-order valence-electron chi connectivity index (χ0n) is 12.1. The number of fused-ring (bicyclic) bond motifs is 3. The fourth-order valence-corrected chi connectivity index (χ4v) is 3.73. The summed E-state index contributed by atoms with van der Waals surface area (Å²) >= 11 is 0. The van der Waals surface area contributed by atoms with Crippen LogP contribution in [0, 0.1) is 0 Å². The molecule has 0 saturated heterocycles. The topological polar surface area (TPSA) is 30.2 Å². The second kappa shape index (κ2) is 4.72. The van der Waals surface area contributed by atoms with Gasteiger partial charge in [-0.15, -0.1) is 0 Å². The first-order valence-electron chi connectivity index (χ1n) is 7.93. The lowest BCUT2D eigenvalue weighted by Gasteiger charge is -2.19. The van der Waals surface area contributed by atoms with Gasteiger partial charge in [-0.25, -0.2) is 4.98 Å². The molecule has 0 amide bonds. The van der Waals surface area contributed by atoms with Crippen molar-refractivity contribution >= 4 is 11.2 Å². The normalized spacial score (nSPS) is 19.4. The average Bonchev–Trinajstić information content (AvgIpc) is 3.11. The fraction of sp³-hybridized carbons (Fsp3) is 0.529. The minimum Gasteiger partial charge on any atom is -0.297 e. The van der Waals surface area contributed by atoms with E-state index in [1.54, 1.807) is 0 Å². The number of imidazole rings is 1. The summed E-state index contributed by atoms with van der Waals surface area (Å²) in [7, 11) is 0. The number of hydrogen-bond acceptors (Lipinski definition) is 2. The van der Waals surface area contributed by atoms with Crippen molar-refractivity contribution in [2.75, 3.05) is 0 Å². The van der Waals surface area contributed by atoms with Crippen molar-refractivity contribution in [2.45, 2.75) is 57.8 Å². The molecule has 0 spiro atoms. The first-order valence-corrected chi connectivity index (χ1v) is 7.93. The summed E-state index contributed by atoms with van der Waals surface area (Å²) in [5.41, 5.74) is 6.24. The summed E-state index contributed by atoms with van der Waals surface area (Å²) in [4.78, 5) is 9.46. The Morgan fingerprint density at radius 1 is 1.25 bits per heavy atom. The molecular formula is C17H21N3. The summed E-state index contributed by atoms with van der Waals surface area (Å²) in [6.45, 7) is 2.22. The van der Waals surface area contributed by atoms with Crippen molar-refractivity contribution in [1.82, 2.24) is 14.4 Å². The molecule has 3 heteroatoms. The molecule has 2 aromatic rings. The zero-order chi connectivity index (χ0) is 13.5. The van der Waals surface area contributed by atoms with Gasteiger partial charge >= 0.3 is 0 Å². The molecule has 0 aromatic carbocycles. The van der Waals surface area contributed by atoms with E-state index in [9.17, 15) is 0 Å². The van der Waals surface area contributed by atoms with Crippen LogP contribution in [0.25, 0.3) is 11.2 Å². The van der Waals surface area contributed by atoms with Crippen LogP contribution in [0.1, 0.15) is 68.4 Å². The maximum absolute atomic E-state index is 4.86. The van der Waals surface area contributed by atoms with Crippen molar-refractivity contribution < 1.29 is 0 Å². The van der Waals surface area contributed by atoms with E-state index in [-0.39, 0.29) is 0 Å². The minimum atomic E-state index is 0.662. The Morgan fingerprint density at radius 2 is 2.10 bits per heavy atom. The predicted octanol–water partition coefficient (Wildman–Crippen LogP) is 4.13. The van der Waals surface area contributed by atoms with Gasteiger partial charge in [0.15, 0.2) is 5.65 Å². The Morgan fingerprint density at radius 3 is 2.90 bits per heavy atom. The maximum atomic E-state index is 4.86. The Balaban J connectivity index is 1.82. The molecule has 4 rings (SSSR count). The molecule has 0 atom stereocenters. The van der Waals surface area contributed by atoms with Gasteiger partial charge in [-0.1, -0.05) is 32.3 Å². The van der Waals surface area contributed by atoms with Gasteiger partial charge in [-0.3, -0.25) is 9.38 Å². The van der Waals surface area contributed by atoms with Crippen molar-refractivity contribution in [3.63, 3.8) is 0 Å². The Labute approximate surface area is 119 Å². The third-order valence-corrected chi connectivity index (χ3v) is 4.85. The van der Waals surface area contributed by atoms with Crippen molar-refractivity contribution in [3.05, 3.63) is 35.6 Å². The molecule has 2 heterocycles. The van der Waals surface area contributed by atoms with Gasteiger partial charge in [0, 0.05) is 18.5 Å². The van der Waals surface area contributed by atoms with Gasteiger partial charge in [0.2, 0.25) is 0 Å². The summed E-state index contributed by atoms with van der Waals surface area (Å²) < 4.78 is 2.29. The third kappa shape index (κ3) is 1.80. The van der Waals surface area contributed by atoms with Gasteiger partial charge in [-0.05, 0) is 24.8 Å². The van der Waals surface area contributed by atoms with Crippen LogP contribution in [0.4, 0.5) is 0 Å². The molecule has 1 saturated carbocycles. The summed E-state index contributed by atoms with van der Waals surface area (Å²) in [6, 6.07) is 0. The molecule has 2 aromatic heterocycles. The van der Waals surface area contributed by atoms with Crippen molar-refractivity contribution in [3.8, 4) is 0 Å². The van der Waals surface area contributed by atoms with E-state index in [1.165, 1.54) is 54.8 Å². The Bertz CT molecular complexity index is 675. The van der Waals surface area contributed by atoms with Crippen molar-refractivity contribution in [2.24, 2.45) is 0 Å². The van der Waals surface area contributed by atoms with E-state index in [4.69, 9.17) is 4.98 Å². The molecule has 3 nitrogen and oxygen atoms in total. The lowest BCUT2D eigenvalue weighted by molar-refractivity contribution is 0.438. The second-order valence-electron chi connectivity index (χ2n) is 6.07. The fourth-order valence-electron chi connectivity index (χ4n) is 3.73. The van der Waals surface area contributed by atoms with Gasteiger partial charge in [0.25, 0.3) is 0 Å². The summed E-state index contributed by atoms with van der Waals surface area (Å²) in [6.07, 6.45) is 15.3. The zero-order valence-corrected chi connectivity index (χ0v) is 12.1. The van der Waals surface area contributed by atoms with E-state index < -0.39 is 0 Å². The van der Waals surface area contributed by atoms with Crippen LogP contribution >= 0.6 is 0 Å². The monoisotopic (exact) mass is 267 g/mol. The van der Waals surface area contributed by atoms with E-state index >= 15 is 0 Å². The predicted molar refractivity (Wildman–Crippen MR) is 80.8 cm³/mol. The highest BCUT2D eigenvalue weighted by Crippen LogP contribution is 2.34. The first-order chi connectivity index (χ1) is 9.86. The van der Waals surface area contributed by atoms with Gasteiger partial charge in [-0.2, -0.15) is 0 Å². The highest BCUT2D eigenvalue weighted by atomic mass is 15.0. The molecule has 0 radical (unpaired) electrons. The highest BCUT2D eigenvalue weighted by molar-refractivity contribution is 5.71. The Hall–Kier alpha value is -1.64. The van der Waals surface area contributed by atoms with Gasteiger partial charge < -0.3 is 0 Å². The van der Waals surface area contributed by atoms with Crippen LogP contribution < -0.4 is 0 Å². The highest BCUT2D eigenvalue weighted by Gasteiger charge is 2.22. The average molecular weight is 267 g/mol. The van der Waals surface area contributed by atoms with Crippen LogP contribution in [0.15, 0.2) is 18.5 Å². The molecule has 104 valence electrons. The summed E-state index contributed by atoms with van der Waals surface area (Å²) in [5, 5.41) is 0. The minimum absolute atomic E-state index is 0.662.